The van der Waals surface area contributed by atoms with Gasteiger partial charge in [0.05, 0.1) is 17.5 Å². The number of carbonyl (C=O) groups is 1. The number of hydrogen-bond acceptors (Lipinski definition) is 7. The number of thioether (sulfide) groups is 1. The third kappa shape index (κ3) is 4.11. The van der Waals surface area contributed by atoms with Gasteiger partial charge in [0, 0.05) is 28.6 Å². The fourth-order valence-electron chi connectivity index (χ4n) is 4.83. The van der Waals surface area contributed by atoms with Gasteiger partial charge in [-0.25, -0.2) is 5.01 Å². The topological polar surface area (TPSA) is 63.4 Å². The Morgan fingerprint density at radius 3 is 2.79 bits per heavy atom. The molecule has 2 aliphatic carbocycles. The highest BCUT2D eigenvalue weighted by Gasteiger charge is 2.44. The van der Waals surface area contributed by atoms with Crippen molar-refractivity contribution in [1.29, 1.82) is 0 Å². The third-order valence-corrected chi connectivity index (χ3v) is 9.35. The van der Waals surface area contributed by atoms with Crippen LogP contribution in [0, 0.1) is 5.92 Å². The summed E-state index contributed by atoms with van der Waals surface area (Å²) in [5, 5.41) is 20.4. The Morgan fingerprint density at radius 2 is 2.03 bits per heavy atom. The number of carbonyl (C=O) groups excluding carboxylic acids is 1. The van der Waals surface area contributed by atoms with Crippen LogP contribution in [0.4, 0.5) is 0 Å². The number of aromatic nitrogens is 3. The van der Waals surface area contributed by atoms with E-state index in [1.807, 2.05) is 11.6 Å². The van der Waals surface area contributed by atoms with Crippen molar-refractivity contribution in [3.8, 4) is 0 Å². The van der Waals surface area contributed by atoms with E-state index < -0.39 is 0 Å². The lowest BCUT2D eigenvalue weighted by Crippen LogP contribution is -2.32. The molecule has 0 radical (unpaired) electrons. The molecule has 6 rings (SSSR count). The van der Waals surface area contributed by atoms with E-state index in [1.54, 1.807) is 27.7 Å². The third-order valence-electron chi connectivity index (χ3n) is 6.59. The van der Waals surface area contributed by atoms with E-state index in [0.717, 1.165) is 36.0 Å². The van der Waals surface area contributed by atoms with E-state index in [9.17, 15) is 4.79 Å². The van der Waals surface area contributed by atoms with Crippen molar-refractivity contribution in [2.45, 2.75) is 49.2 Å². The number of amides is 1. The van der Waals surface area contributed by atoms with Crippen LogP contribution in [0.3, 0.4) is 0 Å². The molecule has 3 aromatic rings. The van der Waals surface area contributed by atoms with Gasteiger partial charge in [-0.15, -0.1) is 32.9 Å². The quantitative estimate of drug-likeness (QED) is 0.410. The summed E-state index contributed by atoms with van der Waals surface area (Å²) >= 11 is 4.92. The molecule has 0 bridgehead atoms. The molecule has 0 N–H and O–H groups in total. The molecule has 3 aromatic heterocycles. The maximum Gasteiger partial charge on any atom is 0.253 e. The van der Waals surface area contributed by atoms with Crippen LogP contribution in [-0.2, 0) is 11.8 Å². The van der Waals surface area contributed by atoms with Gasteiger partial charge in [-0.05, 0) is 66.6 Å². The van der Waals surface area contributed by atoms with Gasteiger partial charge in [-0.3, -0.25) is 4.79 Å². The fourth-order valence-corrected chi connectivity index (χ4v) is 7.16. The highest BCUT2D eigenvalue weighted by molar-refractivity contribution is 7.99. The molecule has 2 fully saturated rings. The minimum atomic E-state index is -0.0124. The first kappa shape index (κ1) is 21.3. The van der Waals surface area contributed by atoms with E-state index in [2.05, 4.69) is 51.3 Å². The van der Waals surface area contributed by atoms with Crippen LogP contribution in [0.15, 0.2) is 50.9 Å². The summed E-state index contributed by atoms with van der Waals surface area (Å²) < 4.78 is 2.05. The Bertz CT molecular complexity index is 1210. The molecule has 33 heavy (non-hydrogen) atoms. The molecule has 9 heteroatoms. The summed E-state index contributed by atoms with van der Waals surface area (Å²) in [6.45, 7) is 0. The van der Waals surface area contributed by atoms with Gasteiger partial charge < -0.3 is 4.57 Å². The lowest BCUT2D eigenvalue weighted by Gasteiger charge is -2.28. The zero-order chi connectivity index (χ0) is 22.4. The van der Waals surface area contributed by atoms with Crippen molar-refractivity contribution in [3.05, 3.63) is 56.2 Å². The second-order valence-corrected chi connectivity index (χ2v) is 11.7. The summed E-state index contributed by atoms with van der Waals surface area (Å²) in [5.74, 6) is 2.18. The fraction of sp³-hybridized carbons (Fsp3) is 0.417. The largest absolute Gasteiger partial charge is 0.309 e. The van der Waals surface area contributed by atoms with Crippen LogP contribution in [0.5, 0.6) is 0 Å². The Kier molecular flexibility index (Phi) is 5.72. The molecule has 1 aliphatic heterocycles. The van der Waals surface area contributed by atoms with E-state index >= 15 is 0 Å². The normalized spacial score (nSPS) is 23.7. The van der Waals surface area contributed by atoms with Crippen LogP contribution in [0.25, 0.3) is 6.08 Å². The van der Waals surface area contributed by atoms with Gasteiger partial charge in [0.15, 0.2) is 5.16 Å². The molecule has 6 nitrogen and oxygen atoms in total. The predicted molar refractivity (Wildman–Crippen MR) is 135 cm³/mol. The van der Waals surface area contributed by atoms with Crippen molar-refractivity contribution in [2.75, 3.05) is 5.75 Å². The Morgan fingerprint density at radius 1 is 1.18 bits per heavy atom. The van der Waals surface area contributed by atoms with Crippen molar-refractivity contribution in [2.24, 2.45) is 18.1 Å². The lowest BCUT2D eigenvalue weighted by molar-refractivity contribution is -0.130. The number of thiophene rings is 2. The Balaban J connectivity index is 1.27. The zero-order valence-corrected chi connectivity index (χ0v) is 20.8. The van der Waals surface area contributed by atoms with E-state index in [-0.39, 0.29) is 17.9 Å². The first-order valence-corrected chi connectivity index (χ1v) is 14.1. The summed E-state index contributed by atoms with van der Waals surface area (Å²) in [5.41, 5.74) is 2.38. The molecule has 0 spiro atoms. The molecule has 170 valence electrons. The number of hydrazone groups is 1. The molecule has 4 heterocycles. The molecule has 1 amide bonds. The standard InChI is InChI=1S/C24H25N5OS3/c1-28-23(15-9-10-15)25-26-24(28)33-14-20(30)29-22(19-8-4-12-32-19)18-7-2-5-16(21(18)27-29)13-17-6-3-11-31-17/h3-4,6,8,11-13,15,18,22H,2,5,7,9-10,14H2,1H3. The highest BCUT2D eigenvalue weighted by atomic mass is 32.2. The second kappa shape index (κ2) is 8.85. The summed E-state index contributed by atoms with van der Waals surface area (Å²) in [6.07, 6.45) is 7.85. The average Bonchev–Trinajstić information content (AvgIpc) is 3.25. The molecule has 0 aromatic carbocycles. The zero-order valence-electron chi connectivity index (χ0n) is 18.4. The monoisotopic (exact) mass is 495 g/mol. The van der Waals surface area contributed by atoms with Gasteiger partial charge in [-0.1, -0.05) is 23.9 Å². The summed E-state index contributed by atoms with van der Waals surface area (Å²) in [4.78, 5) is 15.9. The SMILES string of the molecule is Cn1c(SCC(=O)N2N=C3C(=Cc4cccs4)CCCC3C2c2cccs2)nnc1C1CC1. The molecule has 0 saturated heterocycles. The molecular formula is C24H25N5OS3. The first-order chi connectivity index (χ1) is 16.2. The number of fused-ring (bicyclic) bond motifs is 1. The van der Waals surface area contributed by atoms with Crippen molar-refractivity contribution in [1.82, 2.24) is 19.8 Å². The highest BCUT2D eigenvalue weighted by Crippen LogP contribution is 2.46. The van der Waals surface area contributed by atoms with Crippen LogP contribution in [0.2, 0.25) is 0 Å². The predicted octanol–water partition coefficient (Wildman–Crippen LogP) is 5.73. The van der Waals surface area contributed by atoms with Gasteiger partial charge >= 0.3 is 0 Å². The Hall–Kier alpha value is -2.23. The van der Waals surface area contributed by atoms with Crippen LogP contribution in [0.1, 0.15) is 59.6 Å². The minimum absolute atomic E-state index is 0.0124. The van der Waals surface area contributed by atoms with Gasteiger partial charge in [0.25, 0.3) is 5.91 Å². The van der Waals surface area contributed by atoms with Crippen LogP contribution in [-0.4, -0.2) is 37.1 Å². The molecule has 3 aliphatic rings. The summed E-state index contributed by atoms with van der Waals surface area (Å²) in [7, 11) is 2.00. The average molecular weight is 496 g/mol. The van der Waals surface area contributed by atoms with Gasteiger partial charge in [0.2, 0.25) is 0 Å². The molecule has 2 unspecified atom stereocenters. The number of rotatable bonds is 6. The second-order valence-electron chi connectivity index (χ2n) is 8.83. The maximum atomic E-state index is 13.5. The molecule has 2 atom stereocenters. The van der Waals surface area contributed by atoms with Crippen molar-refractivity contribution < 1.29 is 4.79 Å². The van der Waals surface area contributed by atoms with Gasteiger partial charge in [-0.2, -0.15) is 5.10 Å². The van der Waals surface area contributed by atoms with E-state index in [0.29, 0.717) is 11.7 Å². The lowest BCUT2D eigenvalue weighted by atomic mass is 9.79. The summed E-state index contributed by atoms with van der Waals surface area (Å²) in [6, 6.07) is 8.42. The number of nitrogens with zero attached hydrogens (tertiary/aromatic N) is 5. The van der Waals surface area contributed by atoms with Gasteiger partial charge in [0.1, 0.15) is 5.82 Å². The first-order valence-electron chi connectivity index (χ1n) is 11.4. The van der Waals surface area contributed by atoms with E-state index in [1.165, 1.54) is 39.9 Å². The smallest absolute Gasteiger partial charge is 0.253 e. The van der Waals surface area contributed by atoms with E-state index in [4.69, 9.17) is 5.10 Å². The van der Waals surface area contributed by atoms with Crippen molar-refractivity contribution >= 4 is 52.1 Å². The Labute approximate surface area is 205 Å². The van der Waals surface area contributed by atoms with Crippen LogP contribution >= 0.6 is 34.4 Å². The number of allylic oxidation sites excluding steroid dienone is 1. The number of hydrogen-bond donors (Lipinski definition) is 0. The maximum absolute atomic E-state index is 13.5. The van der Waals surface area contributed by atoms with Crippen LogP contribution < -0.4 is 0 Å². The molecule has 2 saturated carbocycles. The van der Waals surface area contributed by atoms with Crippen molar-refractivity contribution in [3.63, 3.8) is 0 Å². The molecular weight excluding hydrogens is 470 g/mol. The minimum Gasteiger partial charge on any atom is -0.309 e.